The number of unbranched alkanes of at least 4 members (excludes halogenated alkanes) is 49. The Morgan fingerprint density at radius 1 is 0.313 bits per heavy atom. The Morgan fingerprint density at radius 3 is 0.819 bits per heavy atom. The Bertz CT molecular complexity index is 1670. The van der Waals surface area contributed by atoms with Crippen molar-refractivity contribution in [2.24, 2.45) is 0 Å². The van der Waals surface area contributed by atoms with Gasteiger partial charge in [0.15, 0.2) is 0 Å². The summed E-state index contributed by atoms with van der Waals surface area (Å²) in [6.07, 6.45) is 83.0. The Labute approximate surface area is 526 Å². The molecule has 2 nitrogen and oxygen atoms in total. The van der Waals surface area contributed by atoms with Gasteiger partial charge in [-0.25, -0.2) is 0 Å². The molecular weight excluding hydrogens is 1050 g/mol. The number of allylic oxidation sites excluding steroid dienone is 2. The number of nitrogens with zero attached hydrogens (tertiary/aromatic N) is 2. The van der Waals surface area contributed by atoms with Crippen molar-refractivity contribution >= 4 is 11.4 Å². The van der Waals surface area contributed by atoms with Crippen LogP contribution in [-0.4, -0.2) is 10.7 Å². The van der Waals surface area contributed by atoms with Crippen LogP contribution in [0.3, 0.4) is 0 Å². The number of hydrogen-bond acceptors (Lipinski definition) is 0. The zero-order chi connectivity index (χ0) is 59.7. The molecule has 0 heterocycles. The SMILES string of the molecule is CCCCCCCCCCCCCCCCCCCCCCC[CH2][Ni][CH2]CCCCCCCCCCCCCCCCCCCCCCC.CCCCCCCCc1ccc(C(=CC(=C=[N+]=[N-])CCCC)c2ccc(CCCC)cc2)cc1. The van der Waals surface area contributed by atoms with E-state index in [9.17, 15) is 0 Å². The van der Waals surface area contributed by atoms with E-state index >= 15 is 0 Å². The van der Waals surface area contributed by atoms with Gasteiger partial charge < -0.3 is 5.53 Å². The van der Waals surface area contributed by atoms with E-state index in [0.717, 1.165) is 43.3 Å². The molecule has 2 rings (SSSR count). The van der Waals surface area contributed by atoms with E-state index in [1.807, 2.05) is 0 Å². The third-order valence-electron chi connectivity index (χ3n) is 17.6. The molecular formula is C80H142N2Ni. The first-order valence-electron chi connectivity index (χ1n) is 37.4. The van der Waals surface area contributed by atoms with Crippen molar-refractivity contribution in [2.45, 2.75) is 411 Å². The van der Waals surface area contributed by atoms with Crippen molar-refractivity contribution in [3.8, 4) is 0 Å². The first-order valence-corrected chi connectivity index (χ1v) is 38.8. The maximum absolute atomic E-state index is 9.16. The molecule has 0 bridgehead atoms. The first-order chi connectivity index (χ1) is 41.1. The molecule has 0 spiro atoms. The van der Waals surface area contributed by atoms with Crippen molar-refractivity contribution in [3.05, 3.63) is 88.0 Å². The molecule has 0 unspecified atom stereocenters. The Balaban J connectivity index is 0.000000882. The fraction of sp³-hybridized carbons (Fsp3) is 0.800. The minimum Gasteiger partial charge on any atom is -0.348 e. The summed E-state index contributed by atoms with van der Waals surface area (Å²) < 4.78 is 0. The summed E-state index contributed by atoms with van der Waals surface area (Å²) in [6, 6.07) is 18.0. The normalized spacial score (nSPS) is 11.5. The second-order valence-electron chi connectivity index (χ2n) is 25.7. The van der Waals surface area contributed by atoms with E-state index in [1.165, 1.54) is 367 Å². The first kappa shape index (κ1) is 78.8. The van der Waals surface area contributed by atoms with E-state index in [2.05, 4.69) is 114 Å². The number of benzene rings is 2. The molecule has 0 aromatic heterocycles. The summed E-state index contributed by atoms with van der Waals surface area (Å²) in [6.45, 7) is 11.3. The molecule has 0 saturated heterocycles. The van der Waals surface area contributed by atoms with Gasteiger partial charge >= 0.3 is 172 Å². The summed E-state index contributed by atoms with van der Waals surface area (Å²) in [4.78, 5) is 3.22. The zero-order valence-corrected chi connectivity index (χ0v) is 57.6. The molecule has 2 aromatic rings. The summed E-state index contributed by atoms with van der Waals surface area (Å²) in [5, 5.41) is 2.87. The fourth-order valence-corrected chi connectivity index (χ4v) is 13.1. The van der Waals surface area contributed by atoms with Gasteiger partial charge in [-0.1, -0.05) is 269 Å². The molecule has 0 amide bonds. The van der Waals surface area contributed by atoms with Gasteiger partial charge in [-0.2, -0.15) is 0 Å². The van der Waals surface area contributed by atoms with Crippen LogP contribution in [0, 0.1) is 0 Å². The molecule has 0 radical (unpaired) electrons. The van der Waals surface area contributed by atoms with Gasteiger partial charge in [-0.05, 0) is 72.4 Å². The van der Waals surface area contributed by atoms with E-state index in [-0.39, 0.29) is 0 Å². The van der Waals surface area contributed by atoms with Gasteiger partial charge in [0.05, 0.1) is 5.57 Å². The molecule has 3 heteroatoms. The molecule has 2 aromatic carbocycles. The summed E-state index contributed by atoms with van der Waals surface area (Å²) in [5.41, 5.74) is 16.4. The molecule has 0 fully saturated rings. The standard InChI is InChI=1S/C32H44N2.2C24H49.Ni/c1-4-7-10-11-12-13-16-28-19-23-31(24-20-28)32(25-29(26-34-33)15-9-6-3)30-21-17-27(18-22-30)14-8-5-2;2*1-3-5-7-9-11-13-15-17-19-21-23-24-22-20-18-16-14-12-10-8-6-4-2;/h17-25H,4-16H2,1-3H3;2*1,3-24H2,2H3;. The second kappa shape index (κ2) is 65.8. The molecule has 482 valence electrons. The Kier molecular flexibility index (Phi) is 62.5. The third-order valence-corrected chi connectivity index (χ3v) is 19.0. The minimum absolute atomic E-state index is 0.856. The fourth-order valence-electron chi connectivity index (χ4n) is 11.9. The van der Waals surface area contributed by atoms with Crippen molar-refractivity contribution in [1.29, 1.82) is 0 Å². The van der Waals surface area contributed by atoms with Crippen molar-refractivity contribution in [2.75, 3.05) is 0 Å². The summed E-state index contributed by atoms with van der Waals surface area (Å²) >= 11 is 2.05. The molecule has 0 saturated carbocycles. The molecule has 83 heavy (non-hydrogen) atoms. The number of rotatable bonds is 62. The topological polar surface area (TPSA) is 36.4 Å². The van der Waals surface area contributed by atoms with Gasteiger partial charge in [-0.3, -0.25) is 0 Å². The molecule has 0 aliphatic heterocycles. The van der Waals surface area contributed by atoms with E-state index in [4.69, 9.17) is 5.53 Å². The van der Waals surface area contributed by atoms with E-state index in [1.54, 1.807) is 0 Å². The predicted molar refractivity (Wildman–Crippen MR) is 371 cm³/mol. The van der Waals surface area contributed by atoms with Crippen LogP contribution in [0.2, 0.25) is 10.8 Å². The van der Waals surface area contributed by atoms with Crippen LogP contribution in [-0.2, 0) is 27.3 Å². The number of aryl methyl sites for hydroxylation is 2. The smallest absolute Gasteiger partial charge is 0.348 e. The van der Waals surface area contributed by atoms with Gasteiger partial charge in [-0.15, -0.1) is 4.79 Å². The second-order valence-corrected chi connectivity index (χ2v) is 27.2. The van der Waals surface area contributed by atoms with Gasteiger partial charge in [0, 0.05) is 0 Å². The zero-order valence-electron chi connectivity index (χ0n) is 56.6. The van der Waals surface area contributed by atoms with Crippen LogP contribution in [0.4, 0.5) is 0 Å². The maximum atomic E-state index is 9.16. The molecule has 0 aliphatic carbocycles. The minimum atomic E-state index is 0.856. The van der Waals surface area contributed by atoms with Gasteiger partial charge in [0.2, 0.25) is 0 Å². The van der Waals surface area contributed by atoms with Crippen LogP contribution < -0.4 is 0 Å². The quantitative estimate of drug-likeness (QED) is 0.0158. The monoisotopic (exact) mass is 1190 g/mol. The van der Waals surface area contributed by atoms with Crippen molar-refractivity contribution in [3.63, 3.8) is 0 Å². The molecule has 0 aliphatic rings. The van der Waals surface area contributed by atoms with Crippen LogP contribution in [0.5, 0.6) is 0 Å². The number of hydrogen-bond donors (Lipinski definition) is 0. The van der Waals surface area contributed by atoms with E-state index < -0.39 is 0 Å². The van der Waals surface area contributed by atoms with Gasteiger partial charge in [0.1, 0.15) is 0 Å². The summed E-state index contributed by atoms with van der Waals surface area (Å²) in [7, 11) is 0. The Morgan fingerprint density at radius 2 is 0.554 bits per heavy atom. The van der Waals surface area contributed by atoms with Crippen LogP contribution >= 0.6 is 0 Å². The molecule has 0 atom stereocenters. The van der Waals surface area contributed by atoms with Crippen LogP contribution in [0.1, 0.15) is 410 Å². The Hall–Kier alpha value is -2.17. The van der Waals surface area contributed by atoms with E-state index in [0.29, 0.717) is 0 Å². The predicted octanol–water partition coefficient (Wildman–Crippen LogP) is 28.5. The average Bonchev–Trinajstić information content (AvgIpc) is 3.56. The average molecular weight is 1190 g/mol. The van der Waals surface area contributed by atoms with Crippen LogP contribution in [0.25, 0.3) is 11.1 Å². The van der Waals surface area contributed by atoms with Gasteiger partial charge in [0.25, 0.3) is 0 Å². The van der Waals surface area contributed by atoms with Crippen molar-refractivity contribution in [1.82, 2.24) is 0 Å². The molecule has 0 N–H and O–H groups in total. The van der Waals surface area contributed by atoms with Crippen LogP contribution in [0.15, 0.2) is 60.2 Å². The third kappa shape index (κ3) is 53.8. The van der Waals surface area contributed by atoms with Crippen molar-refractivity contribution < 1.29 is 19.2 Å². The summed E-state index contributed by atoms with van der Waals surface area (Å²) in [5.74, 6) is 2.81.